The minimum Gasteiger partial charge on any atom is -0.483 e. The fraction of sp³-hybridized carbons (Fsp3) is 0.429. The van der Waals surface area contributed by atoms with E-state index < -0.39 is 23.2 Å². The van der Waals surface area contributed by atoms with Crippen molar-refractivity contribution in [3.05, 3.63) is 28.5 Å². The number of carbonyl (C=O) groups excluding carboxylic acids is 1. The third-order valence-electron chi connectivity index (χ3n) is 3.50. The van der Waals surface area contributed by atoms with Crippen molar-refractivity contribution < 1.29 is 23.8 Å². The van der Waals surface area contributed by atoms with Crippen LogP contribution in [0, 0.1) is 5.82 Å². The van der Waals surface area contributed by atoms with Crippen molar-refractivity contribution in [3.8, 4) is 5.75 Å². The van der Waals surface area contributed by atoms with Crippen molar-refractivity contribution in [2.45, 2.75) is 31.2 Å². The van der Waals surface area contributed by atoms with Gasteiger partial charge in [-0.3, -0.25) is 4.79 Å². The number of carboxylic acid groups (broad SMARTS) is 1. The summed E-state index contributed by atoms with van der Waals surface area (Å²) >= 11 is 3.13. The zero-order chi connectivity index (χ0) is 15.5. The molecule has 0 atom stereocenters. The molecule has 2 rings (SSSR count). The lowest BCUT2D eigenvalue weighted by Gasteiger charge is -2.25. The van der Waals surface area contributed by atoms with Crippen LogP contribution in [0.3, 0.4) is 0 Å². The van der Waals surface area contributed by atoms with E-state index in [9.17, 15) is 19.1 Å². The maximum Gasteiger partial charge on any atom is 0.329 e. The van der Waals surface area contributed by atoms with Gasteiger partial charge in [-0.2, -0.15) is 0 Å². The van der Waals surface area contributed by atoms with Crippen LogP contribution in [-0.4, -0.2) is 29.1 Å². The molecule has 1 amide bonds. The summed E-state index contributed by atoms with van der Waals surface area (Å²) in [5.41, 5.74) is -1.18. The van der Waals surface area contributed by atoms with Crippen molar-refractivity contribution in [2.24, 2.45) is 0 Å². The Balaban J connectivity index is 1.94. The number of hydrogen-bond acceptors (Lipinski definition) is 3. The monoisotopic (exact) mass is 359 g/mol. The second-order valence-corrected chi connectivity index (χ2v) is 5.86. The number of halogens is 2. The van der Waals surface area contributed by atoms with Gasteiger partial charge >= 0.3 is 5.97 Å². The van der Waals surface area contributed by atoms with Gasteiger partial charge in [-0.25, -0.2) is 9.18 Å². The first-order chi connectivity index (χ1) is 9.93. The second kappa shape index (κ2) is 6.43. The largest absolute Gasteiger partial charge is 0.483 e. The molecule has 0 aliphatic heterocycles. The van der Waals surface area contributed by atoms with Crippen LogP contribution in [0.1, 0.15) is 25.7 Å². The molecule has 0 saturated heterocycles. The number of aliphatic carboxylic acids is 1. The highest BCUT2D eigenvalue weighted by Gasteiger charge is 2.42. The summed E-state index contributed by atoms with van der Waals surface area (Å²) in [6, 6.07) is 3.84. The molecular weight excluding hydrogens is 345 g/mol. The van der Waals surface area contributed by atoms with Crippen molar-refractivity contribution in [1.29, 1.82) is 0 Å². The highest BCUT2D eigenvalue weighted by Crippen LogP contribution is 2.30. The highest BCUT2D eigenvalue weighted by molar-refractivity contribution is 9.10. The number of benzene rings is 1. The number of carbonyl (C=O) groups is 2. The van der Waals surface area contributed by atoms with E-state index >= 15 is 0 Å². The fourth-order valence-electron chi connectivity index (χ4n) is 2.41. The number of hydrogen-bond donors (Lipinski definition) is 2. The Hall–Kier alpha value is -1.63. The zero-order valence-electron chi connectivity index (χ0n) is 11.2. The summed E-state index contributed by atoms with van der Waals surface area (Å²) in [4.78, 5) is 23.2. The summed E-state index contributed by atoms with van der Waals surface area (Å²) in [7, 11) is 0. The molecule has 7 heteroatoms. The lowest BCUT2D eigenvalue weighted by atomic mass is 9.98. The van der Waals surface area contributed by atoms with E-state index in [-0.39, 0.29) is 6.61 Å². The predicted molar refractivity (Wildman–Crippen MR) is 76.6 cm³/mol. The average molecular weight is 360 g/mol. The molecule has 1 aromatic rings. The first-order valence-electron chi connectivity index (χ1n) is 6.55. The van der Waals surface area contributed by atoms with E-state index in [0.29, 0.717) is 23.1 Å². The first kappa shape index (κ1) is 15.8. The Morgan fingerprint density at radius 3 is 2.62 bits per heavy atom. The topological polar surface area (TPSA) is 75.6 Å². The number of rotatable bonds is 5. The van der Waals surface area contributed by atoms with Crippen molar-refractivity contribution in [2.75, 3.05) is 6.61 Å². The molecule has 21 heavy (non-hydrogen) atoms. The van der Waals surface area contributed by atoms with E-state index in [4.69, 9.17) is 4.74 Å². The van der Waals surface area contributed by atoms with Gasteiger partial charge in [-0.15, -0.1) is 0 Å². The normalized spacial score (nSPS) is 16.5. The van der Waals surface area contributed by atoms with Gasteiger partial charge in [0.2, 0.25) is 0 Å². The Bertz CT molecular complexity index is 558. The van der Waals surface area contributed by atoms with Gasteiger partial charge < -0.3 is 15.2 Å². The molecule has 5 nitrogen and oxygen atoms in total. The van der Waals surface area contributed by atoms with E-state index in [2.05, 4.69) is 21.2 Å². The smallest absolute Gasteiger partial charge is 0.329 e. The van der Waals surface area contributed by atoms with Crippen LogP contribution < -0.4 is 10.1 Å². The van der Waals surface area contributed by atoms with E-state index in [1.165, 1.54) is 18.2 Å². The summed E-state index contributed by atoms with van der Waals surface area (Å²) < 4.78 is 18.6. The highest BCUT2D eigenvalue weighted by atomic mass is 79.9. The average Bonchev–Trinajstić information content (AvgIpc) is 2.87. The van der Waals surface area contributed by atoms with Gasteiger partial charge in [-0.05, 0) is 47.0 Å². The molecule has 0 unspecified atom stereocenters. The molecule has 1 saturated carbocycles. The quantitative estimate of drug-likeness (QED) is 0.846. The van der Waals surface area contributed by atoms with Gasteiger partial charge in [0.05, 0.1) is 4.47 Å². The molecule has 0 spiro atoms. The SMILES string of the molecule is O=C(COc1ccc(F)cc1Br)NC1(C(=O)O)CCCC1. The van der Waals surface area contributed by atoms with Crippen molar-refractivity contribution in [3.63, 3.8) is 0 Å². The van der Waals surface area contributed by atoms with E-state index in [1.807, 2.05) is 0 Å². The maximum atomic E-state index is 12.9. The zero-order valence-corrected chi connectivity index (χ0v) is 12.8. The number of carboxylic acids is 1. The Kier molecular flexibility index (Phi) is 4.82. The molecule has 0 aromatic heterocycles. The van der Waals surface area contributed by atoms with Gasteiger partial charge in [-0.1, -0.05) is 12.8 Å². The van der Waals surface area contributed by atoms with Gasteiger partial charge in [0.15, 0.2) is 6.61 Å². The predicted octanol–water partition coefficient (Wildman–Crippen LogP) is 2.48. The van der Waals surface area contributed by atoms with Crippen LogP contribution in [0.2, 0.25) is 0 Å². The molecule has 1 aliphatic rings. The van der Waals surface area contributed by atoms with E-state index in [1.54, 1.807) is 0 Å². The molecular formula is C14H15BrFNO4. The molecule has 1 aromatic carbocycles. The lowest BCUT2D eigenvalue weighted by Crippen LogP contribution is -2.53. The summed E-state index contributed by atoms with van der Waals surface area (Å²) in [5.74, 6) is -1.62. The number of amides is 1. The standard InChI is InChI=1S/C14H15BrFNO4/c15-10-7-9(16)3-4-11(10)21-8-12(18)17-14(13(19)20)5-1-2-6-14/h3-4,7H,1-2,5-6,8H2,(H,17,18)(H,19,20). The van der Waals surface area contributed by atoms with Crippen LogP contribution in [0.25, 0.3) is 0 Å². The summed E-state index contributed by atoms with van der Waals surface area (Å²) in [5, 5.41) is 11.8. The molecule has 1 aliphatic carbocycles. The van der Waals surface area contributed by atoms with Crippen LogP contribution >= 0.6 is 15.9 Å². The molecule has 114 valence electrons. The molecule has 0 radical (unpaired) electrons. The van der Waals surface area contributed by atoms with E-state index in [0.717, 1.165) is 12.8 Å². The van der Waals surface area contributed by atoms with Crippen molar-refractivity contribution >= 4 is 27.8 Å². The van der Waals surface area contributed by atoms with Gasteiger partial charge in [0.25, 0.3) is 5.91 Å². The fourth-order valence-corrected chi connectivity index (χ4v) is 2.87. The molecule has 0 heterocycles. The third-order valence-corrected chi connectivity index (χ3v) is 4.12. The summed E-state index contributed by atoms with van der Waals surface area (Å²) in [6.07, 6.45) is 2.40. The van der Waals surface area contributed by atoms with Crippen LogP contribution in [0.5, 0.6) is 5.75 Å². The Morgan fingerprint density at radius 1 is 1.38 bits per heavy atom. The van der Waals surface area contributed by atoms with Gasteiger partial charge in [0, 0.05) is 0 Å². The first-order valence-corrected chi connectivity index (χ1v) is 7.34. The Morgan fingerprint density at radius 2 is 2.05 bits per heavy atom. The minimum atomic E-state index is -1.18. The number of ether oxygens (including phenoxy) is 1. The Labute approximate surface area is 129 Å². The number of nitrogens with one attached hydrogen (secondary N) is 1. The second-order valence-electron chi connectivity index (χ2n) is 5.01. The molecule has 0 bridgehead atoms. The van der Waals surface area contributed by atoms with Crippen LogP contribution in [0.15, 0.2) is 22.7 Å². The van der Waals surface area contributed by atoms with Crippen LogP contribution in [0.4, 0.5) is 4.39 Å². The lowest BCUT2D eigenvalue weighted by molar-refractivity contribution is -0.147. The maximum absolute atomic E-state index is 12.9. The third kappa shape index (κ3) is 3.72. The summed E-state index contributed by atoms with van der Waals surface area (Å²) in [6.45, 7) is -0.320. The van der Waals surface area contributed by atoms with Crippen LogP contribution in [-0.2, 0) is 9.59 Å². The van der Waals surface area contributed by atoms with Crippen molar-refractivity contribution in [1.82, 2.24) is 5.32 Å². The van der Waals surface area contributed by atoms with Gasteiger partial charge in [0.1, 0.15) is 17.1 Å². The molecule has 1 fully saturated rings. The minimum absolute atomic E-state index is 0.320. The molecule has 2 N–H and O–H groups in total.